The summed E-state index contributed by atoms with van der Waals surface area (Å²) in [6.07, 6.45) is 17.1. The molecule has 5 rings (SSSR count). The van der Waals surface area contributed by atoms with Gasteiger partial charge in [0.1, 0.15) is 11.6 Å². The number of amides is 1. The Balaban J connectivity index is 1.37. The Labute approximate surface area is 164 Å². The third kappa shape index (κ3) is 4.03. The van der Waals surface area contributed by atoms with Crippen molar-refractivity contribution in [1.29, 1.82) is 5.26 Å². The lowest BCUT2D eigenvalue weighted by Crippen LogP contribution is -2.56. The number of hydrogen-bond donors (Lipinski definition) is 2. The van der Waals surface area contributed by atoms with Crippen LogP contribution in [0.3, 0.4) is 0 Å². The van der Waals surface area contributed by atoms with Gasteiger partial charge >= 0.3 is 0 Å². The molecule has 4 bridgehead atoms. The van der Waals surface area contributed by atoms with Gasteiger partial charge in [0.2, 0.25) is 0 Å². The van der Waals surface area contributed by atoms with Gasteiger partial charge in [-0.3, -0.25) is 4.79 Å². The molecule has 5 aliphatic carbocycles. The Morgan fingerprint density at radius 2 is 1.59 bits per heavy atom. The van der Waals surface area contributed by atoms with E-state index in [1.807, 2.05) is 0 Å². The zero-order valence-electron chi connectivity index (χ0n) is 16.8. The van der Waals surface area contributed by atoms with Gasteiger partial charge in [-0.25, -0.2) is 0 Å². The Morgan fingerprint density at radius 1 is 1.04 bits per heavy atom. The minimum absolute atomic E-state index is 0.160. The van der Waals surface area contributed by atoms with Crippen LogP contribution in [0.5, 0.6) is 0 Å². The molecule has 5 saturated carbocycles. The number of carbonyl (C=O) groups is 1. The second kappa shape index (κ2) is 7.86. The third-order valence-corrected chi connectivity index (χ3v) is 8.04. The van der Waals surface area contributed by atoms with Gasteiger partial charge in [0, 0.05) is 18.3 Å². The molecular formula is C23H35N3O. The standard InChI is InChI=1S/C23H35N3O/c1-16(23-11-17-8-18(12-23)10-19(9-17)13-23)26-22(27)20(14-24)15-25-21-6-4-2-3-5-7-21/h15-19,21,25H,2-13H2,1H3,(H,26,27)/b20-15-. The molecule has 1 atom stereocenters. The molecule has 1 unspecified atom stereocenters. The van der Waals surface area contributed by atoms with Gasteiger partial charge < -0.3 is 10.6 Å². The summed E-state index contributed by atoms with van der Waals surface area (Å²) in [5, 5.41) is 16.1. The highest BCUT2D eigenvalue weighted by atomic mass is 16.1. The lowest BCUT2D eigenvalue weighted by Gasteiger charge is -2.59. The summed E-state index contributed by atoms with van der Waals surface area (Å²) in [5.74, 6) is 2.43. The van der Waals surface area contributed by atoms with Crippen molar-refractivity contribution in [1.82, 2.24) is 10.6 Å². The predicted octanol–water partition coefficient (Wildman–Crippen LogP) is 4.43. The maximum atomic E-state index is 12.8. The molecule has 0 aromatic rings. The number of carbonyl (C=O) groups excluding carboxylic acids is 1. The van der Waals surface area contributed by atoms with Crippen LogP contribution in [0.1, 0.15) is 84.0 Å². The molecule has 4 nitrogen and oxygen atoms in total. The van der Waals surface area contributed by atoms with E-state index in [1.54, 1.807) is 6.20 Å². The Kier molecular flexibility index (Phi) is 5.48. The Morgan fingerprint density at radius 3 is 2.11 bits per heavy atom. The van der Waals surface area contributed by atoms with E-state index in [4.69, 9.17) is 0 Å². The molecule has 0 aromatic carbocycles. The highest BCUT2D eigenvalue weighted by Gasteiger charge is 2.53. The van der Waals surface area contributed by atoms with Crippen molar-refractivity contribution in [2.75, 3.05) is 0 Å². The lowest BCUT2D eigenvalue weighted by molar-refractivity contribution is -0.122. The van der Waals surface area contributed by atoms with Crippen LogP contribution in [0, 0.1) is 34.5 Å². The summed E-state index contributed by atoms with van der Waals surface area (Å²) in [6.45, 7) is 2.18. The molecular weight excluding hydrogens is 334 g/mol. The van der Waals surface area contributed by atoms with Crippen LogP contribution in [0.15, 0.2) is 11.8 Å². The van der Waals surface area contributed by atoms with E-state index in [-0.39, 0.29) is 22.9 Å². The van der Waals surface area contributed by atoms with Crippen molar-refractivity contribution >= 4 is 5.91 Å². The lowest BCUT2D eigenvalue weighted by atomic mass is 9.48. The first-order valence-corrected chi connectivity index (χ1v) is 11.2. The minimum Gasteiger partial charge on any atom is -0.387 e. The molecule has 2 N–H and O–H groups in total. The fourth-order valence-corrected chi connectivity index (χ4v) is 6.93. The molecule has 0 heterocycles. The molecule has 0 aromatic heterocycles. The zero-order chi connectivity index (χ0) is 18.9. The predicted molar refractivity (Wildman–Crippen MR) is 107 cm³/mol. The second-order valence-electron chi connectivity index (χ2n) is 10.0. The number of nitrogens with one attached hydrogen (secondary N) is 2. The monoisotopic (exact) mass is 369 g/mol. The van der Waals surface area contributed by atoms with E-state index < -0.39 is 0 Å². The largest absolute Gasteiger partial charge is 0.387 e. The van der Waals surface area contributed by atoms with Gasteiger partial charge in [-0.1, -0.05) is 25.7 Å². The maximum Gasteiger partial charge on any atom is 0.263 e. The van der Waals surface area contributed by atoms with Crippen LogP contribution in [0.25, 0.3) is 0 Å². The first kappa shape index (κ1) is 18.8. The van der Waals surface area contributed by atoms with E-state index in [0.29, 0.717) is 6.04 Å². The van der Waals surface area contributed by atoms with Gasteiger partial charge in [-0.05, 0) is 81.5 Å². The number of hydrogen-bond acceptors (Lipinski definition) is 3. The summed E-state index contributed by atoms with van der Waals surface area (Å²) >= 11 is 0. The summed E-state index contributed by atoms with van der Waals surface area (Å²) in [6, 6.07) is 2.69. The Hall–Kier alpha value is -1.50. The number of nitrogens with zero attached hydrogens (tertiary/aromatic N) is 1. The SMILES string of the molecule is CC(NC(=O)/C(C#N)=C\NC1CCCCCC1)C12CC3CC(CC(C3)C1)C2. The summed E-state index contributed by atoms with van der Waals surface area (Å²) < 4.78 is 0. The van der Waals surface area contributed by atoms with Gasteiger partial charge in [0.25, 0.3) is 5.91 Å². The summed E-state index contributed by atoms with van der Waals surface area (Å²) in [4.78, 5) is 12.8. The second-order valence-corrected chi connectivity index (χ2v) is 10.0. The smallest absolute Gasteiger partial charge is 0.263 e. The molecule has 0 saturated heterocycles. The Bertz CT molecular complexity index is 589. The van der Waals surface area contributed by atoms with Crippen molar-refractivity contribution in [3.8, 4) is 6.07 Å². The maximum absolute atomic E-state index is 12.8. The van der Waals surface area contributed by atoms with Crippen LogP contribution >= 0.6 is 0 Å². The fraction of sp³-hybridized carbons (Fsp3) is 0.826. The van der Waals surface area contributed by atoms with E-state index in [2.05, 4.69) is 23.6 Å². The molecule has 4 heteroatoms. The van der Waals surface area contributed by atoms with E-state index >= 15 is 0 Å². The van der Waals surface area contributed by atoms with Gasteiger partial charge in [-0.15, -0.1) is 0 Å². The molecule has 5 fully saturated rings. The van der Waals surface area contributed by atoms with Gasteiger partial charge in [0.15, 0.2) is 0 Å². The molecule has 5 aliphatic rings. The van der Waals surface area contributed by atoms with Crippen molar-refractivity contribution in [3.63, 3.8) is 0 Å². The number of nitriles is 1. The van der Waals surface area contributed by atoms with Crippen molar-refractivity contribution in [3.05, 3.63) is 11.8 Å². The zero-order valence-corrected chi connectivity index (χ0v) is 16.8. The quantitative estimate of drug-likeness (QED) is 0.428. The molecule has 1 amide bonds. The van der Waals surface area contributed by atoms with Crippen LogP contribution in [-0.2, 0) is 4.79 Å². The first-order valence-electron chi connectivity index (χ1n) is 11.2. The molecule has 148 valence electrons. The molecule has 0 aliphatic heterocycles. The molecule has 27 heavy (non-hydrogen) atoms. The number of rotatable bonds is 5. The fourth-order valence-electron chi connectivity index (χ4n) is 6.93. The van der Waals surface area contributed by atoms with Crippen LogP contribution in [0.4, 0.5) is 0 Å². The van der Waals surface area contributed by atoms with Gasteiger partial charge in [-0.2, -0.15) is 5.26 Å². The highest BCUT2D eigenvalue weighted by molar-refractivity contribution is 5.97. The van der Waals surface area contributed by atoms with E-state index in [0.717, 1.165) is 30.6 Å². The van der Waals surface area contributed by atoms with Crippen LogP contribution in [-0.4, -0.2) is 18.0 Å². The molecule has 0 radical (unpaired) electrons. The third-order valence-electron chi connectivity index (χ3n) is 8.04. The summed E-state index contributed by atoms with van der Waals surface area (Å²) in [7, 11) is 0. The first-order chi connectivity index (χ1) is 13.1. The molecule has 0 spiro atoms. The average molecular weight is 370 g/mol. The van der Waals surface area contributed by atoms with Crippen LogP contribution < -0.4 is 10.6 Å². The minimum atomic E-state index is -0.193. The highest BCUT2D eigenvalue weighted by Crippen LogP contribution is 2.61. The normalized spacial score (nSPS) is 37.3. The van der Waals surface area contributed by atoms with E-state index in [9.17, 15) is 10.1 Å². The topological polar surface area (TPSA) is 64.9 Å². The van der Waals surface area contributed by atoms with Crippen molar-refractivity contribution < 1.29 is 4.79 Å². The van der Waals surface area contributed by atoms with Crippen molar-refractivity contribution in [2.24, 2.45) is 23.2 Å². The van der Waals surface area contributed by atoms with Crippen LogP contribution in [0.2, 0.25) is 0 Å². The van der Waals surface area contributed by atoms with Gasteiger partial charge in [0.05, 0.1) is 0 Å². The van der Waals surface area contributed by atoms with E-state index in [1.165, 1.54) is 64.2 Å². The summed E-state index contributed by atoms with van der Waals surface area (Å²) in [5.41, 5.74) is 0.510. The average Bonchev–Trinajstić information content (AvgIpc) is 2.90. The van der Waals surface area contributed by atoms with Crippen molar-refractivity contribution in [2.45, 2.75) is 96.1 Å².